The summed E-state index contributed by atoms with van der Waals surface area (Å²) in [7, 11) is 1.65. The minimum absolute atomic E-state index is 0. The molecule has 0 saturated carbocycles. The standard InChI is InChI=1S/C15H22N2O3S.HI/c1-4-16-14(21-3)17-11-15(19-9-10-20-15)12-5-7-13(18-2)8-6-12;/h5-8H,4,9-11H2,1-3H3,(H,16,17);1H. The second-order valence-electron chi connectivity index (χ2n) is 4.53. The number of nitrogens with one attached hydrogen (secondary N) is 1. The zero-order valence-corrected chi connectivity index (χ0v) is 16.3. The predicted octanol–water partition coefficient (Wildman–Crippen LogP) is 2.84. The minimum Gasteiger partial charge on any atom is -0.497 e. The molecule has 22 heavy (non-hydrogen) atoms. The van der Waals surface area contributed by atoms with Crippen molar-refractivity contribution in [2.45, 2.75) is 12.7 Å². The lowest BCUT2D eigenvalue weighted by Gasteiger charge is -2.26. The fourth-order valence-electron chi connectivity index (χ4n) is 2.17. The lowest BCUT2D eigenvalue weighted by molar-refractivity contribution is -0.156. The van der Waals surface area contributed by atoms with Crippen LogP contribution in [0.4, 0.5) is 0 Å². The number of nitrogens with zero attached hydrogens (tertiary/aromatic N) is 1. The van der Waals surface area contributed by atoms with E-state index in [0.29, 0.717) is 19.8 Å². The molecule has 1 N–H and O–H groups in total. The maximum absolute atomic E-state index is 5.87. The molecule has 0 aliphatic carbocycles. The Labute approximate surface area is 153 Å². The van der Waals surface area contributed by atoms with E-state index in [1.54, 1.807) is 18.9 Å². The van der Waals surface area contributed by atoms with Crippen LogP contribution in [0, 0.1) is 0 Å². The van der Waals surface area contributed by atoms with E-state index in [0.717, 1.165) is 23.0 Å². The summed E-state index contributed by atoms with van der Waals surface area (Å²) >= 11 is 1.59. The number of hydrogen-bond donors (Lipinski definition) is 1. The molecule has 0 bridgehead atoms. The number of amidine groups is 1. The molecule has 0 amide bonds. The largest absolute Gasteiger partial charge is 0.497 e. The summed E-state index contributed by atoms with van der Waals surface area (Å²) in [6.45, 7) is 4.49. The molecule has 124 valence electrons. The van der Waals surface area contributed by atoms with Crippen molar-refractivity contribution in [2.24, 2.45) is 4.99 Å². The van der Waals surface area contributed by atoms with Gasteiger partial charge >= 0.3 is 0 Å². The van der Waals surface area contributed by atoms with Crippen LogP contribution < -0.4 is 10.1 Å². The van der Waals surface area contributed by atoms with Crippen molar-refractivity contribution in [1.29, 1.82) is 0 Å². The van der Waals surface area contributed by atoms with Gasteiger partial charge in [-0.1, -0.05) is 11.8 Å². The number of thioether (sulfide) groups is 1. The highest BCUT2D eigenvalue weighted by Gasteiger charge is 2.38. The zero-order chi connectivity index (χ0) is 15.1. The van der Waals surface area contributed by atoms with Crippen LogP contribution in [0.25, 0.3) is 0 Å². The molecule has 0 unspecified atom stereocenters. The summed E-state index contributed by atoms with van der Waals surface area (Å²) in [5, 5.41) is 4.12. The van der Waals surface area contributed by atoms with Crippen molar-refractivity contribution in [3.05, 3.63) is 29.8 Å². The van der Waals surface area contributed by atoms with Crippen molar-refractivity contribution in [3.8, 4) is 5.75 Å². The van der Waals surface area contributed by atoms with Crippen LogP contribution >= 0.6 is 35.7 Å². The van der Waals surface area contributed by atoms with Crippen LogP contribution in [0.2, 0.25) is 0 Å². The molecule has 1 heterocycles. The molecule has 2 rings (SSSR count). The Balaban J connectivity index is 0.00000242. The molecule has 0 aromatic heterocycles. The van der Waals surface area contributed by atoms with Gasteiger partial charge in [-0.3, -0.25) is 4.99 Å². The second kappa shape index (κ2) is 9.59. The normalized spacial score (nSPS) is 17.0. The molecule has 1 fully saturated rings. The highest BCUT2D eigenvalue weighted by molar-refractivity contribution is 14.0. The molecule has 1 saturated heterocycles. The third-order valence-corrected chi connectivity index (χ3v) is 3.90. The smallest absolute Gasteiger partial charge is 0.215 e. The van der Waals surface area contributed by atoms with E-state index in [4.69, 9.17) is 14.2 Å². The van der Waals surface area contributed by atoms with Crippen LogP contribution in [0.1, 0.15) is 12.5 Å². The molecular weight excluding hydrogens is 415 g/mol. The van der Waals surface area contributed by atoms with Gasteiger partial charge in [0.15, 0.2) is 5.17 Å². The number of benzene rings is 1. The quantitative estimate of drug-likeness (QED) is 0.436. The van der Waals surface area contributed by atoms with Crippen molar-refractivity contribution in [3.63, 3.8) is 0 Å². The molecule has 0 spiro atoms. The number of methoxy groups -OCH3 is 1. The molecular formula is C15H23IN2O3S. The first-order valence-corrected chi connectivity index (χ1v) is 8.21. The molecule has 1 aromatic carbocycles. The van der Waals surface area contributed by atoms with E-state index < -0.39 is 5.79 Å². The van der Waals surface area contributed by atoms with E-state index in [2.05, 4.69) is 10.3 Å². The van der Waals surface area contributed by atoms with Crippen LogP contribution in [-0.2, 0) is 15.3 Å². The predicted molar refractivity (Wildman–Crippen MR) is 101 cm³/mol. The van der Waals surface area contributed by atoms with Crippen molar-refractivity contribution in [2.75, 3.05) is 39.7 Å². The number of rotatable bonds is 5. The van der Waals surface area contributed by atoms with Gasteiger partial charge in [0.2, 0.25) is 5.79 Å². The van der Waals surface area contributed by atoms with Gasteiger partial charge in [-0.25, -0.2) is 0 Å². The Morgan fingerprint density at radius 1 is 1.32 bits per heavy atom. The molecule has 0 radical (unpaired) electrons. The van der Waals surface area contributed by atoms with E-state index in [1.807, 2.05) is 37.4 Å². The topological polar surface area (TPSA) is 52.1 Å². The number of ether oxygens (including phenoxy) is 3. The third kappa shape index (κ3) is 4.74. The number of halogens is 1. The summed E-state index contributed by atoms with van der Waals surface area (Å²) in [5.74, 6) is 0.0238. The fraction of sp³-hybridized carbons (Fsp3) is 0.533. The summed E-state index contributed by atoms with van der Waals surface area (Å²) < 4.78 is 16.9. The van der Waals surface area contributed by atoms with Gasteiger partial charge in [0.1, 0.15) is 12.3 Å². The SMILES string of the molecule is CCNC(=NCC1(c2ccc(OC)cc2)OCCO1)SC.I. The highest BCUT2D eigenvalue weighted by Crippen LogP contribution is 2.33. The summed E-state index contributed by atoms with van der Waals surface area (Å²) in [6, 6.07) is 7.74. The van der Waals surface area contributed by atoms with Gasteiger partial charge in [-0.05, 0) is 37.4 Å². The Hall–Kier alpha value is -0.510. The Morgan fingerprint density at radius 3 is 2.45 bits per heavy atom. The summed E-state index contributed by atoms with van der Waals surface area (Å²) in [6.07, 6.45) is 2.00. The maximum Gasteiger partial charge on any atom is 0.215 e. The number of aliphatic imine (C=N–C) groups is 1. The minimum atomic E-state index is -0.789. The fourth-order valence-corrected chi connectivity index (χ4v) is 2.65. The Bertz CT molecular complexity index is 476. The van der Waals surface area contributed by atoms with Crippen LogP contribution in [0.15, 0.2) is 29.3 Å². The third-order valence-electron chi connectivity index (χ3n) is 3.24. The van der Waals surface area contributed by atoms with E-state index in [-0.39, 0.29) is 24.0 Å². The Kier molecular flexibility index (Phi) is 8.52. The molecule has 1 aliphatic heterocycles. The van der Waals surface area contributed by atoms with Crippen molar-refractivity contribution in [1.82, 2.24) is 5.32 Å². The number of hydrogen-bond acceptors (Lipinski definition) is 5. The Morgan fingerprint density at radius 2 is 1.95 bits per heavy atom. The maximum atomic E-state index is 5.87. The summed E-state index contributed by atoms with van der Waals surface area (Å²) in [4.78, 5) is 4.59. The van der Waals surface area contributed by atoms with Gasteiger partial charge in [-0.15, -0.1) is 24.0 Å². The first-order chi connectivity index (χ1) is 10.2. The average Bonchev–Trinajstić information content (AvgIpc) is 3.01. The van der Waals surface area contributed by atoms with Gasteiger partial charge in [-0.2, -0.15) is 0 Å². The summed E-state index contributed by atoms with van der Waals surface area (Å²) in [5.41, 5.74) is 0.960. The second-order valence-corrected chi connectivity index (χ2v) is 5.33. The van der Waals surface area contributed by atoms with E-state index >= 15 is 0 Å². The molecule has 1 aromatic rings. The average molecular weight is 438 g/mol. The zero-order valence-electron chi connectivity index (χ0n) is 13.1. The van der Waals surface area contributed by atoms with Gasteiger partial charge in [0.25, 0.3) is 0 Å². The van der Waals surface area contributed by atoms with Gasteiger partial charge in [0.05, 0.1) is 20.3 Å². The molecule has 7 heteroatoms. The van der Waals surface area contributed by atoms with Crippen molar-refractivity contribution >= 4 is 40.9 Å². The monoisotopic (exact) mass is 438 g/mol. The first-order valence-electron chi connectivity index (χ1n) is 6.99. The van der Waals surface area contributed by atoms with Crippen LogP contribution in [0.5, 0.6) is 5.75 Å². The molecule has 1 aliphatic rings. The van der Waals surface area contributed by atoms with Gasteiger partial charge < -0.3 is 19.5 Å². The van der Waals surface area contributed by atoms with Crippen molar-refractivity contribution < 1.29 is 14.2 Å². The lowest BCUT2D eigenvalue weighted by Crippen LogP contribution is -2.32. The van der Waals surface area contributed by atoms with E-state index in [9.17, 15) is 0 Å². The van der Waals surface area contributed by atoms with E-state index in [1.165, 1.54) is 0 Å². The lowest BCUT2D eigenvalue weighted by atomic mass is 10.1. The molecule has 0 atom stereocenters. The molecule has 5 nitrogen and oxygen atoms in total. The van der Waals surface area contributed by atoms with Crippen LogP contribution in [-0.4, -0.2) is 44.8 Å². The first kappa shape index (κ1) is 19.5. The van der Waals surface area contributed by atoms with Gasteiger partial charge in [0, 0.05) is 12.1 Å². The van der Waals surface area contributed by atoms with Crippen LogP contribution in [0.3, 0.4) is 0 Å². The highest BCUT2D eigenvalue weighted by atomic mass is 127.